The predicted molar refractivity (Wildman–Crippen MR) is 57.0 cm³/mol. The van der Waals surface area contributed by atoms with Crippen molar-refractivity contribution in [1.82, 2.24) is 9.97 Å². The van der Waals surface area contributed by atoms with E-state index in [4.69, 9.17) is 0 Å². The molecule has 0 aliphatic rings. The minimum atomic E-state index is 0. The number of rotatable bonds is 0. The molecule has 0 aliphatic carbocycles. The molecule has 1 aromatic carbocycles. The second kappa shape index (κ2) is 4.04. The normalized spacial score (nSPS) is 10.1. The monoisotopic (exact) mass is 372 g/mol. The molecule has 2 aromatic heterocycles. The number of benzene rings is 1. The van der Waals surface area contributed by atoms with Crippen molar-refractivity contribution >= 4 is 21.8 Å². The Labute approximate surface area is 100 Å². The third-order valence-electron chi connectivity index (χ3n) is 2.34. The Morgan fingerprint density at radius 3 is 1.60 bits per heavy atom. The second-order valence-electron chi connectivity index (χ2n) is 3.22. The molecule has 0 saturated carbocycles. The van der Waals surface area contributed by atoms with Crippen molar-refractivity contribution in [2.24, 2.45) is 0 Å². The van der Waals surface area contributed by atoms with Gasteiger partial charge in [-0.25, -0.2) is 0 Å². The predicted octanol–water partition coefficient (Wildman–Crippen LogP) is 2.78. The van der Waals surface area contributed by atoms with Gasteiger partial charge in [-0.2, -0.15) is 0 Å². The zero-order chi connectivity index (χ0) is 9.38. The number of nitrogens with zero attached hydrogens (tertiary/aromatic N) is 2. The van der Waals surface area contributed by atoms with Crippen LogP contribution in [0.3, 0.4) is 0 Å². The van der Waals surface area contributed by atoms with Gasteiger partial charge in [0.2, 0.25) is 0 Å². The van der Waals surface area contributed by atoms with Gasteiger partial charge in [-0.3, -0.25) is 9.97 Å². The number of pyridine rings is 2. The maximum atomic E-state index is 4.35. The van der Waals surface area contributed by atoms with Gasteiger partial charge in [0.05, 0.1) is 11.0 Å². The van der Waals surface area contributed by atoms with Gasteiger partial charge in [-0.05, 0) is 12.1 Å². The van der Waals surface area contributed by atoms with Crippen LogP contribution in [0.15, 0.2) is 48.8 Å². The third-order valence-corrected chi connectivity index (χ3v) is 2.34. The van der Waals surface area contributed by atoms with Crippen molar-refractivity contribution in [2.45, 2.75) is 0 Å². The Morgan fingerprint density at radius 1 is 0.667 bits per heavy atom. The summed E-state index contributed by atoms with van der Waals surface area (Å²) in [5.41, 5.74) is 1.95. The van der Waals surface area contributed by atoms with Gasteiger partial charge in [-0.15, -0.1) is 0 Å². The number of hydrogen-bond acceptors (Lipinski definition) is 2. The Bertz CT molecular complexity index is 553. The van der Waals surface area contributed by atoms with Gasteiger partial charge >= 0.3 is 19.8 Å². The Morgan fingerprint density at radius 2 is 1.13 bits per heavy atom. The summed E-state index contributed by atoms with van der Waals surface area (Å²) in [6.45, 7) is 0. The van der Waals surface area contributed by atoms with Crippen LogP contribution in [0.2, 0.25) is 0 Å². The van der Waals surface area contributed by atoms with Crippen molar-refractivity contribution in [1.29, 1.82) is 0 Å². The van der Waals surface area contributed by atoms with Gasteiger partial charge < -0.3 is 0 Å². The van der Waals surface area contributed by atoms with Crippen LogP contribution in [0.1, 0.15) is 0 Å². The van der Waals surface area contributed by atoms with Crippen LogP contribution in [0.4, 0.5) is 0 Å². The molecule has 72 valence electrons. The first-order chi connectivity index (χ1) is 6.95. The average Bonchev–Trinajstić information content (AvgIpc) is 2.29. The molecule has 0 radical (unpaired) electrons. The summed E-state index contributed by atoms with van der Waals surface area (Å²) in [5.74, 6) is 0. The van der Waals surface area contributed by atoms with Crippen molar-refractivity contribution in [3.8, 4) is 0 Å². The fraction of sp³-hybridized carbons (Fsp3) is 0. The molecule has 0 amide bonds. The molecule has 3 aromatic rings. The molecule has 3 rings (SSSR count). The summed E-state index contributed by atoms with van der Waals surface area (Å²) >= 11 is 0. The van der Waals surface area contributed by atoms with Crippen LogP contribution in [0.25, 0.3) is 21.8 Å². The molecule has 0 atom stereocenters. The largest absolute Gasteiger partial charge is 2.00 e. The molecule has 0 saturated heterocycles. The number of hydrogen-bond donors (Lipinski definition) is 0. The van der Waals surface area contributed by atoms with Crippen LogP contribution >= 0.6 is 0 Å². The summed E-state index contributed by atoms with van der Waals surface area (Å²) in [6, 6.07) is 12.1. The van der Waals surface area contributed by atoms with E-state index in [1.807, 2.05) is 12.1 Å². The van der Waals surface area contributed by atoms with Crippen molar-refractivity contribution < 1.29 is 19.8 Å². The van der Waals surface area contributed by atoms with E-state index in [2.05, 4.69) is 34.2 Å². The SMILES string of the molecule is [Os+2].c1cnc2c(c1)ccc1cccnc12. The average molecular weight is 370 g/mol. The van der Waals surface area contributed by atoms with Crippen LogP contribution < -0.4 is 0 Å². The van der Waals surface area contributed by atoms with Crippen LogP contribution in [-0.2, 0) is 19.8 Å². The van der Waals surface area contributed by atoms with E-state index in [9.17, 15) is 0 Å². The fourth-order valence-electron chi connectivity index (χ4n) is 1.68. The van der Waals surface area contributed by atoms with Gasteiger partial charge in [0, 0.05) is 23.2 Å². The smallest absolute Gasteiger partial charge is 0.254 e. The zero-order valence-electron chi connectivity index (χ0n) is 7.87. The fourth-order valence-corrected chi connectivity index (χ4v) is 1.68. The maximum absolute atomic E-state index is 4.35. The summed E-state index contributed by atoms with van der Waals surface area (Å²) in [7, 11) is 0. The topological polar surface area (TPSA) is 25.8 Å². The first kappa shape index (κ1) is 10.2. The first-order valence-electron chi connectivity index (χ1n) is 4.53. The molecule has 0 unspecified atom stereocenters. The van der Waals surface area contributed by atoms with E-state index in [1.54, 1.807) is 12.4 Å². The van der Waals surface area contributed by atoms with Crippen LogP contribution in [-0.4, -0.2) is 9.97 Å². The second-order valence-corrected chi connectivity index (χ2v) is 3.22. The van der Waals surface area contributed by atoms with E-state index < -0.39 is 0 Å². The molecule has 0 bridgehead atoms. The summed E-state index contributed by atoms with van der Waals surface area (Å²) in [4.78, 5) is 8.69. The minimum Gasteiger partial charge on any atom is -0.254 e. The van der Waals surface area contributed by atoms with Gasteiger partial charge in [0.15, 0.2) is 0 Å². The Balaban J connectivity index is 0.000000853. The van der Waals surface area contributed by atoms with E-state index in [-0.39, 0.29) is 19.8 Å². The van der Waals surface area contributed by atoms with Crippen molar-refractivity contribution in [3.05, 3.63) is 48.8 Å². The standard InChI is InChI=1S/C12H8N2.Os/c1-3-9-5-6-10-4-2-8-14-12(10)11(9)13-7-1;/h1-8H;/q;+2. The Kier molecular flexibility index (Phi) is 2.75. The van der Waals surface area contributed by atoms with E-state index in [0.29, 0.717) is 0 Å². The van der Waals surface area contributed by atoms with Crippen LogP contribution in [0, 0.1) is 0 Å². The Hall–Kier alpha value is -1.32. The molecule has 2 nitrogen and oxygen atoms in total. The molecule has 0 fully saturated rings. The maximum Gasteiger partial charge on any atom is 2.00 e. The quantitative estimate of drug-likeness (QED) is 0.569. The molecule has 3 heteroatoms. The molecule has 2 heterocycles. The molecule has 0 spiro atoms. The number of aromatic nitrogens is 2. The van der Waals surface area contributed by atoms with Crippen LogP contribution in [0.5, 0.6) is 0 Å². The summed E-state index contributed by atoms with van der Waals surface area (Å²) in [5, 5.41) is 2.28. The molecular formula is C12H8N2Os+2. The molecule has 0 N–H and O–H groups in total. The van der Waals surface area contributed by atoms with E-state index in [0.717, 1.165) is 21.8 Å². The zero-order valence-corrected chi connectivity index (χ0v) is 10.4. The van der Waals surface area contributed by atoms with Gasteiger partial charge in [0.1, 0.15) is 0 Å². The number of fused-ring (bicyclic) bond motifs is 3. The van der Waals surface area contributed by atoms with Crippen molar-refractivity contribution in [2.75, 3.05) is 0 Å². The molecular weight excluding hydrogens is 362 g/mol. The molecule has 0 aliphatic heterocycles. The van der Waals surface area contributed by atoms with E-state index in [1.165, 1.54) is 0 Å². The van der Waals surface area contributed by atoms with Gasteiger partial charge in [-0.1, -0.05) is 24.3 Å². The van der Waals surface area contributed by atoms with Gasteiger partial charge in [0.25, 0.3) is 0 Å². The first-order valence-corrected chi connectivity index (χ1v) is 4.53. The molecule has 15 heavy (non-hydrogen) atoms. The third kappa shape index (κ3) is 1.64. The van der Waals surface area contributed by atoms with E-state index >= 15 is 0 Å². The summed E-state index contributed by atoms with van der Waals surface area (Å²) in [6.07, 6.45) is 3.60. The minimum absolute atomic E-state index is 0. The van der Waals surface area contributed by atoms with Crippen molar-refractivity contribution in [3.63, 3.8) is 0 Å². The summed E-state index contributed by atoms with van der Waals surface area (Å²) < 4.78 is 0.